The van der Waals surface area contributed by atoms with E-state index in [1.165, 1.54) is 23.3 Å². The number of aliphatic hydroxyl groups excluding tert-OH is 1. The number of aromatic nitrogens is 2. The minimum absolute atomic E-state index is 0.0133. The molecule has 4 rings (SSSR count). The van der Waals surface area contributed by atoms with Crippen molar-refractivity contribution in [2.24, 2.45) is 5.73 Å². The molecule has 0 aromatic carbocycles. The van der Waals surface area contributed by atoms with E-state index in [0.29, 0.717) is 4.90 Å². The predicted molar refractivity (Wildman–Crippen MR) is 113 cm³/mol. The summed E-state index contributed by atoms with van der Waals surface area (Å²) in [5.74, 6) is -4.73. The third kappa shape index (κ3) is 5.33. The predicted octanol–water partition coefficient (Wildman–Crippen LogP) is 2.32. The summed E-state index contributed by atoms with van der Waals surface area (Å²) in [6, 6.07) is 2.08. The van der Waals surface area contributed by atoms with E-state index in [2.05, 4.69) is 9.97 Å². The molecule has 2 atom stereocenters. The summed E-state index contributed by atoms with van der Waals surface area (Å²) in [4.78, 5) is 34.5. The van der Waals surface area contributed by atoms with Crippen molar-refractivity contribution in [3.05, 3.63) is 35.3 Å². The molecule has 36 heavy (non-hydrogen) atoms. The number of halogens is 5. The monoisotopic (exact) mass is 517 g/mol. The summed E-state index contributed by atoms with van der Waals surface area (Å²) in [6.45, 7) is -0.474. The Bertz CT molecular complexity index is 1120. The Labute approximate surface area is 202 Å². The van der Waals surface area contributed by atoms with Crippen LogP contribution in [0.15, 0.2) is 22.8 Å². The fourth-order valence-corrected chi connectivity index (χ4v) is 4.31. The highest BCUT2D eigenvalue weighted by Gasteiger charge is 2.48. The lowest BCUT2D eigenvalue weighted by Gasteiger charge is -2.38. The van der Waals surface area contributed by atoms with Crippen molar-refractivity contribution in [1.82, 2.24) is 19.8 Å². The summed E-state index contributed by atoms with van der Waals surface area (Å²) in [7, 11) is 0. The first-order valence-electron chi connectivity index (χ1n) is 11.3. The number of hydrogen-bond acceptors (Lipinski definition) is 7. The van der Waals surface area contributed by atoms with Gasteiger partial charge in [-0.25, -0.2) is 18.7 Å². The first-order chi connectivity index (χ1) is 16.9. The average Bonchev–Trinajstić information content (AvgIpc) is 3.35. The van der Waals surface area contributed by atoms with Gasteiger partial charge in [0.1, 0.15) is 0 Å². The molecule has 1 saturated heterocycles. The molecule has 1 fully saturated rings. The lowest BCUT2D eigenvalue weighted by molar-refractivity contribution is -0.205. The van der Waals surface area contributed by atoms with E-state index < -0.39 is 54.7 Å². The Morgan fingerprint density at radius 2 is 2.06 bits per heavy atom. The second-order valence-corrected chi connectivity index (χ2v) is 8.84. The van der Waals surface area contributed by atoms with Crippen LogP contribution in [0.25, 0.3) is 11.6 Å². The third-order valence-electron chi connectivity index (χ3n) is 6.27. The second kappa shape index (κ2) is 9.73. The molecule has 2 aliphatic rings. The number of carbonyl (C=O) groups excluding carboxylic acids is 2. The van der Waals surface area contributed by atoms with Crippen molar-refractivity contribution in [2.45, 2.75) is 63.0 Å². The van der Waals surface area contributed by atoms with Crippen molar-refractivity contribution in [3.63, 3.8) is 0 Å². The SMILES string of the molecule is N[C@H](CCN1C(=O)CCC(F)(F)[C@@H]1O)CC(=O)N1CCc2c(nc(-c3ccco3)nc2C(F)(F)F)C1. The number of likely N-dealkylation sites (tertiary alicyclic amines) is 1. The zero-order valence-electron chi connectivity index (χ0n) is 19.0. The van der Waals surface area contributed by atoms with Gasteiger partial charge in [0, 0.05) is 44.0 Å². The van der Waals surface area contributed by atoms with Crippen LogP contribution >= 0.6 is 0 Å². The van der Waals surface area contributed by atoms with Crippen molar-refractivity contribution in [1.29, 1.82) is 0 Å². The zero-order chi connectivity index (χ0) is 26.3. The Kier molecular flexibility index (Phi) is 7.01. The van der Waals surface area contributed by atoms with Gasteiger partial charge in [-0.15, -0.1) is 0 Å². The molecule has 2 amide bonds. The maximum absolute atomic E-state index is 13.7. The summed E-state index contributed by atoms with van der Waals surface area (Å²) in [6.07, 6.45) is -7.24. The van der Waals surface area contributed by atoms with Gasteiger partial charge in [-0.05, 0) is 25.0 Å². The molecule has 2 aromatic heterocycles. The van der Waals surface area contributed by atoms with Gasteiger partial charge in [-0.1, -0.05) is 0 Å². The molecule has 0 bridgehead atoms. The van der Waals surface area contributed by atoms with Crippen molar-refractivity contribution in [3.8, 4) is 11.6 Å². The zero-order valence-corrected chi connectivity index (χ0v) is 19.0. The molecule has 0 saturated carbocycles. The Balaban J connectivity index is 1.42. The molecule has 0 unspecified atom stereocenters. The van der Waals surface area contributed by atoms with Gasteiger partial charge < -0.3 is 25.1 Å². The van der Waals surface area contributed by atoms with E-state index in [0.717, 1.165) is 0 Å². The first-order valence-corrected chi connectivity index (χ1v) is 11.3. The normalized spacial score (nSPS) is 20.9. The number of nitrogens with two attached hydrogens (primary N) is 1. The lowest BCUT2D eigenvalue weighted by Crippen LogP contribution is -2.55. The summed E-state index contributed by atoms with van der Waals surface area (Å²) < 4.78 is 73.5. The fraction of sp³-hybridized carbons (Fsp3) is 0.545. The van der Waals surface area contributed by atoms with E-state index in [1.54, 1.807) is 0 Å². The van der Waals surface area contributed by atoms with Gasteiger partial charge in [0.15, 0.2) is 23.5 Å². The van der Waals surface area contributed by atoms with Crippen LogP contribution in [0.5, 0.6) is 0 Å². The van der Waals surface area contributed by atoms with Crippen molar-refractivity contribution < 1.29 is 41.1 Å². The fourth-order valence-electron chi connectivity index (χ4n) is 4.31. The molecule has 14 heteroatoms. The van der Waals surface area contributed by atoms with E-state index in [1.807, 2.05) is 0 Å². The molecule has 2 aliphatic heterocycles. The van der Waals surface area contributed by atoms with Crippen LogP contribution in [-0.2, 0) is 28.7 Å². The molecule has 2 aromatic rings. The molecule has 0 radical (unpaired) electrons. The molecular formula is C22H24F5N5O4. The topological polar surface area (TPSA) is 126 Å². The van der Waals surface area contributed by atoms with Gasteiger partial charge in [-0.3, -0.25) is 9.59 Å². The highest BCUT2D eigenvalue weighted by molar-refractivity contribution is 5.78. The van der Waals surface area contributed by atoms with Crippen molar-refractivity contribution >= 4 is 11.8 Å². The van der Waals surface area contributed by atoms with E-state index in [9.17, 15) is 36.6 Å². The van der Waals surface area contributed by atoms with Crippen molar-refractivity contribution in [2.75, 3.05) is 13.1 Å². The van der Waals surface area contributed by atoms with Gasteiger partial charge in [0.05, 0.1) is 18.5 Å². The molecule has 196 valence electrons. The molecular weight excluding hydrogens is 493 g/mol. The number of furan rings is 1. The van der Waals surface area contributed by atoms with Gasteiger partial charge in [-0.2, -0.15) is 13.2 Å². The quantitative estimate of drug-likeness (QED) is 0.564. The number of nitrogens with zero attached hydrogens (tertiary/aromatic N) is 4. The minimum Gasteiger partial charge on any atom is -0.461 e. The molecule has 0 aliphatic carbocycles. The van der Waals surface area contributed by atoms with Gasteiger partial charge in [0.25, 0.3) is 5.92 Å². The maximum Gasteiger partial charge on any atom is 0.433 e. The number of amides is 2. The number of rotatable bonds is 6. The Morgan fingerprint density at radius 3 is 2.72 bits per heavy atom. The average molecular weight is 517 g/mol. The van der Waals surface area contributed by atoms with Crippen LogP contribution in [0, 0.1) is 0 Å². The summed E-state index contributed by atoms with van der Waals surface area (Å²) >= 11 is 0. The van der Waals surface area contributed by atoms with Gasteiger partial charge >= 0.3 is 6.18 Å². The van der Waals surface area contributed by atoms with Crippen LogP contribution in [0.3, 0.4) is 0 Å². The van der Waals surface area contributed by atoms with Crippen LogP contribution in [0.4, 0.5) is 22.0 Å². The first kappa shape index (κ1) is 25.9. The van der Waals surface area contributed by atoms with E-state index in [4.69, 9.17) is 10.2 Å². The van der Waals surface area contributed by atoms with Crippen LogP contribution in [0.1, 0.15) is 42.6 Å². The standard InChI is InChI=1S/C22H24F5N5O4/c23-21(24)6-3-16(33)32(20(21)35)8-4-12(28)10-17(34)31-7-5-13-14(11-31)29-19(15-2-1-9-36-15)30-18(13)22(25,26)27/h1-2,9,12,20,35H,3-8,10-11,28H2/t12-,20+/m1/s1. The number of carbonyl (C=O) groups is 2. The highest BCUT2D eigenvalue weighted by Crippen LogP contribution is 2.36. The molecule has 0 spiro atoms. The van der Waals surface area contributed by atoms with E-state index >= 15 is 0 Å². The Morgan fingerprint density at radius 1 is 1.31 bits per heavy atom. The smallest absolute Gasteiger partial charge is 0.433 e. The van der Waals surface area contributed by atoms with Crippen LogP contribution < -0.4 is 5.73 Å². The second-order valence-electron chi connectivity index (χ2n) is 8.84. The van der Waals surface area contributed by atoms with Gasteiger partial charge in [0.2, 0.25) is 11.8 Å². The lowest BCUT2D eigenvalue weighted by atomic mass is 10.0. The Hall–Kier alpha value is -3.13. The molecule has 3 N–H and O–H groups in total. The number of piperidine rings is 1. The van der Waals surface area contributed by atoms with E-state index in [-0.39, 0.29) is 61.7 Å². The number of aliphatic hydroxyl groups is 1. The van der Waals surface area contributed by atoms with Crippen LogP contribution in [0.2, 0.25) is 0 Å². The third-order valence-corrected chi connectivity index (χ3v) is 6.27. The number of alkyl halides is 5. The van der Waals surface area contributed by atoms with Crippen LogP contribution in [-0.4, -0.2) is 68.0 Å². The highest BCUT2D eigenvalue weighted by atomic mass is 19.4. The summed E-state index contributed by atoms with van der Waals surface area (Å²) in [5.41, 5.74) is 4.85. The number of hydrogen-bond donors (Lipinski definition) is 2. The molecule has 9 nitrogen and oxygen atoms in total. The number of fused-ring (bicyclic) bond motifs is 1. The largest absolute Gasteiger partial charge is 0.461 e. The maximum atomic E-state index is 13.7. The summed E-state index contributed by atoms with van der Waals surface area (Å²) in [5, 5.41) is 9.77. The minimum atomic E-state index is -4.73. The molecule has 4 heterocycles.